The van der Waals surface area contributed by atoms with E-state index in [2.05, 4.69) is 21.2 Å². The Morgan fingerprint density at radius 3 is 2.46 bits per heavy atom. The van der Waals surface area contributed by atoms with Crippen LogP contribution >= 0.6 is 15.9 Å². The van der Waals surface area contributed by atoms with Crippen molar-refractivity contribution in [2.24, 2.45) is 0 Å². The van der Waals surface area contributed by atoms with Crippen molar-refractivity contribution in [2.45, 2.75) is 32.1 Å². The maximum absolute atomic E-state index is 11.7. The van der Waals surface area contributed by atoms with Crippen LogP contribution in [0.4, 0.5) is 5.82 Å². The van der Waals surface area contributed by atoms with Crippen molar-refractivity contribution in [3.8, 4) is 0 Å². The second-order valence-electron chi connectivity index (χ2n) is 5.82. The van der Waals surface area contributed by atoms with Crippen LogP contribution in [0.5, 0.6) is 0 Å². The van der Waals surface area contributed by atoms with Crippen LogP contribution in [0.15, 0.2) is 33.8 Å². The van der Waals surface area contributed by atoms with Gasteiger partial charge in [-0.3, -0.25) is 15.7 Å². The molecule has 4 N–H and O–H groups in total. The third kappa shape index (κ3) is 4.25. The van der Waals surface area contributed by atoms with Crippen molar-refractivity contribution in [3.63, 3.8) is 0 Å². The predicted molar refractivity (Wildman–Crippen MR) is 97.1 cm³/mol. The number of benzene rings is 1. The number of anilines is 1. The zero-order valence-corrected chi connectivity index (χ0v) is 16.2. The molecule has 0 atom stereocenters. The fourth-order valence-corrected chi connectivity index (χ4v) is 4.38. The Morgan fingerprint density at radius 1 is 1.21 bits per heavy atom. The van der Waals surface area contributed by atoms with Crippen molar-refractivity contribution in [2.75, 3.05) is 17.7 Å². The first-order chi connectivity index (χ1) is 11.1. The molecule has 0 spiro atoms. The van der Waals surface area contributed by atoms with Crippen molar-refractivity contribution >= 4 is 31.9 Å². The van der Waals surface area contributed by atoms with Crippen LogP contribution in [0.1, 0.15) is 22.3 Å². The van der Waals surface area contributed by atoms with Crippen LogP contribution < -0.4 is 15.8 Å². The molecule has 0 saturated carbocycles. The highest BCUT2D eigenvalue weighted by molar-refractivity contribution is 9.10. The molecule has 130 valence electrons. The predicted octanol–water partition coefficient (Wildman–Crippen LogP) is 2.28. The average molecular weight is 415 g/mol. The van der Waals surface area contributed by atoms with Crippen molar-refractivity contribution < 1.29 is 17.6 Å². The Balaban J connectivity index is 2.25. The van der Waals surface area contributed by atoms with Gasteiger partial charge in [0.1, 0.15) is 11.1 Å². The van der Waals surface area contributed by atoms with Gasteiger partial charge in [0.2, 0.25) is 0 Å². The van der Waals surface area contributed by atoms with Crippen LogP contribution in [0.2, 0.25) is 0 Å². The molecule has 6 nitrogen and oxygen atoms in total. The zero-order valence-electron chi connectivity index (χ0n) is 13.8. The number of nitrogens with two attached hydrogens (primary N) is 1. The van der Waals surface area contributed by atoms with Crippen LogP contribution in [0, 0.1) is 20.8 Å². The van der Waals surface area contributed by atoms with E-state index < -0.39 is 10.1 Å². The molecular formula is C16H21BrN3O3S+. The van der Waals surface area contributed by atoms with Gasteiger partial charge in [-0.2, -0.15) is 8.42 Å². The minimum Gasteiger partial charge on any atom is -0.282 e. The minimum absolute atomic E-state index is 0.0111. The number of rotatable bonds is 5. The van der Waals surface area contributed by atoms with E-state index in [1.165, 1.54) is 4.68 Å². The van der Waals surface area contributed by atoms with Crippen molar-refractivity contribution in [3.05, 3.63) is 51.1 Å². The molecule has 0 bridgehead atoms. The van der Waals surface area contributed by atoms with Crippen LogP contribution in [0.3, 0.4) is 0 Å². The third-order valence-corrected chi connectivity index (χ3v) is 5.22. The third-order valence-electron chi connectivity index (χ3n) is 3.69. The van der Waals surface area contributed by atoms with E-state index in [9.17, 15) is 13.0 Å². The van der Waals surface area contributed by atoms with Gasteiger partial charge in [-0.25, -0.2) is 0 Å². The molecule has 0 fully saturated rings. The maximum atomic E-state index is 11.7. The molecule has 8 heteroatoms. The van der Waals surface area contributed by atoms with Gasteiger partial charge in [0.25, 0.3) is 10.1 Å². The lowest BCUT2D eigenvalue weighted by Gasteiger charge is -2.12. The molecular weight excluding hydrogens is 394 g/mol. The Kier molecular flexibility index (Phi) is 5.52. The molecule has 2 rings (SSSR count). The summed E-state index contributed by atoms with van der Waals surface area (Å²) in [5, 5.41) is 3.22. The average Bonchev–Trinajstić information content (AvgIpc) is 2.39. The van der Waals surface area contributed by atoms with Gasteiger partial charge in [0.15, 0.2) is 0 Å². The van der Waals surface area contributed by atoms with Crippen LogP contribution in [-0.4, -0.2) is 19.5 Å². The van der Waals surface area contributed by atoms with E-state index in [1.54, 1.807) is 25.3 Å². The van der Waals surface area contributed by atoms with E-state index in [0.29, 0.717) is 24.1 Å². The molecule has 1 aromatic carbocycles. The highest BCUT2D eigenvalue weighted by Gasteiger charge is 2.20. The van der Waals surface area contributed by atoms with Crippen molar-refractivity contribution in [1.29, 1.82) is 0 Å². The number of pyridine rings is 1. The van der Waals surface area contributed by atoms with Gasteiger partial charge in [-0.05, 0) is 53.9 Å². The molecule has 0 aliphatic heterocycles. The van der Waals surface area contributed by atoms with E-state index >= 15 is 0 Å². The molecule has 0 amide bonds. The second kappa shape index (κ2) is 7.08. The maximum Gasteiger partial charge on any atom is 0.300 e. The number of hydrogen-bond acceptors (Lipinski definition) is 4. The van der Waals surface area contributed by atoms with Gasteiger partial charge >= 0.3 is 5.82 Å². The van der Waals surface area contributed by atoms with Gasteiger partial charge in [-0.1, -0.05) is 17.7 Å². The lowest BCUT2D eigenvalue weighted by atomic mass is 10.0. The summed E-state index contributed by atoms with van der Waals surface area (Å²) in [4.78, 5) is -0.0111. The highest BCUT2D eigenvalue weighted by Crippen LogP contribution is 2.23. The Labute approximate surface area is 150 Å². The Hall–Kier alpha value is -1.64. The topological polar surface area (TPSA) is 96.3 Å². The highest BCUT2D eigenvalue weighted by atomic mass is 79.9. The Bertz CT molecular complexity index is 859. The number of nitrogens with zero attached hydrogens (tertiary/aromatic N) is 1. The van der Waals surface area contributed by atoms with E-state index in [-0.39, 0.29) is 4.90 Å². The largest absolute Gasteiger partial charge is 0.300 e. The summed E-state index contributed by atoms with van der Waals surface area (Å²) in [6, 6.07) is 5.46. The first-order valence-corrected chi connectivity index (χ1v) is 9.61. The van der Waals surface area contributed by atoms with E-state index in [0.717, 1.165) is 21.4 Å². The van der Waals surface area contributed by atoms with Crippen LogP contribution in [-0.2, 0) is 16.5 Å². The number of aryl methyl sites for hydroxylation is 3. The van der Waals surface area contributed by atoms with Crippen LogP contribution in [0.25, 0.3) is 0 Å². The SMILES string of the molecule is Cc1cc(C)c(S(=O)(=O)O)c(CCNc2c(C)cc(Br)c[n+]2N)c1. The number of halogens is 1. The lowest BCUT2D eigenvalue weighted by molar-refractivity contribution is -0.625. The fraction of sp³-hybridized carbons (Fsp3) is 0.312. The monoisotopic (exact) mass is 414 g/mol. The number of hydrogen-bond donors (Lipinski definition) is 3. The Morgan fingerprint density at radius 2 is 1.88 bits per heavy atom. The fourth-order valence-electron chi connectivity index (χ4n) is 2.86. The molecule has 1 aromatic heterocycles. The summed E-state index contributed by atoms with van der Waals surface area (Å²) in [5.74, 6) is 6.68. The van der Waals surface area contributed by atoms with E-state index in [4.69, 9.17) is 5.84 Å². The van der Waals surface area contributed by atoms with Gasteiger partial charge in [0.05, 0.1) is 11.0 Å². The first-order valence-electron chi connectivity index (χ1n) is 7.38. The quantitative estimate of drug-likeness (QED) is 0.396. The standard InChI is InChI=1S/C16H20BrN3O3S/c1-10-6-11(2)15(24(21,22)23)13(7-10)4-5-19-16-12(3)8-14(17)9-20(16)18/h6-9H,4-5,18H2,1-3H3,(H,21,22,23)/p+1. The summed E-state index contributed by atoms with van der Waals surface area (Å²) >= 11 is 3.38. The summed E-state index contributed by atoms with van der Waals surface area (Å²) in [5.41, 5.74) is 3.04. The summed E-state index contributed by atoms with van der Waals surface area (Å²) in [7, 11) is -4.26. The molecule has 0 saturated heterocycles. The number of aromatic nitrogens is 1. The van der Waals surface area contributed by atoms with Gasteiger partial charge in [0, 0.05) is 12.0 Å². The second-order valence-corrected chi connectivity index (χ2v) is 8.09. The zero-order chi connectivity index (χ0) is 18.1. The summed E-state index contributed by atoms with van der Waals surface area (Å²) in [6.07, 6.45) is 2.17. The molecule has 0 aliphatic carbocycles. The molecule has 1 heterocycles. The minimum atomic E-state index is -4.26. The summed E-state index contributed by atoms with van der Waals surface area (Å²) in [6.45, 7) is 5.98. The lowest BCUT2D eigenvalue weighted by Crippen LogP contribution is -2.47. The van der Waals surface area contributed by atoms with Gasteiger partial charge < -0.3 is 0 Å². The molecule has 2 aromatic rings. The first kappa shape index (κ1) is 18.7. The number of nitrogens with one attached hydrogen (secondary N) is 1. The smallest absolute Gasteiger partial charge is 0.282 e. The van der Waals surface area contributed by atoms with Gasteiger partial charge in [-0.15, -0.1) is 4.68 Å². The molecule has 0 aliphatic rings. The normalized spacial score (nSPS) is 11.5. The van der Waals surface area contributed by atoms with Crippen molar-refractivity contribution in [1.82, 2.24) is 0 Å². The molecule has 0 unspecified atom stereocenters. The summed E-state index contributed by atoms with van der Waals surface area (Å²) < 4.78 is 35.2. The molecule has 24 heavy (non-hydrogen) atoms. The number of nitrogen functional groups attached to an aromatic ring is 1. The van der Waals surface area contributed by atoms with E-state index in [1.807, 2.05) is 19.9 Å². The molecule has 0 radical (unpaired) electrons.